The third-order valence-corrected chi connectivity index (χ3v) is 1.62. The minimum atomic E-state index is -2.62. The van der Waals surface area contributed by atoms with Gasteiger partial charge < -0.3 is 5.11 Å². The molecule has 0 heterocycles. The summed E-state index contributed by atoms with van der Waals surface area (Å²) in [5, 5.41) is 8.32. The average molecular weight is 200 g/mol. The van der Waals surface area contributed by atoms with Gasteiger partial charge in [0.25, 0.3) is 12.2 Å². The number of rotatable bonds is 3. The number of carbonyl (C=O) groups is 2. The molecule has 0 unspecified atom stereocenters. The Morgan fingerprint density at radius 1 is 1.14 bits per heavy atom. The van der Waals surface area contributed by atoms with E-state index in [9.17, 15) is 18.4 Å². The van der Waals surface area contributed by atoms with Crippen LogP contribution in [0.5, 0.6) is 0 Å². The molecule has 0 aromatic heterocycles. The van der Waals surface area contributed by atoms with Crippen LogP contribution in [0.1, 0.15) is 22.3 Å². The molecule has 0 spiro atoms. The number of benzene rings is 1. The van der Waals surface area contributed by atoms with Gasteiger partial charge in [-0.25, -0.2) is 13.6 Å². The molecular formula is C9H6F2O3. The van der Waals surface area contributed by atoms with Crippen LogP contribution in [-0.2, 0) is 4.79 Å². The number of hydrogen-bond acceptors (Lipinski definition) is 2. The second-order valence-corrected chi connectivity index (χ2v) is 2.56. The Bertz CT molecular complexity index is 357. The zero-order valence-electron chi connectivity index (χ0n) is 6.91. The molecule has 0 radical (unpaired) electrons. The fourth-order valence-corrected chi connectivity index (χ4v) is 0.903. The zero-order chi connectivity index (χ0) is 10.7. The fraction of sp³-hybridized carbons (Fsp3) is 0.111. The maximum Gasteiger partial charge on any atom is 0.377 e. The van der Waals surface area contributed by atoms with Crippen LogP contribution in [0.2, 0.25) is 0 Å². The van der Waals surface area contributed by atoms with E-state index >= 15 is 0 Å². The topological polar surface area (TPSA) is 54.4 Å². The first-order valence-corrected chi connectivity index (χ1v) is 3.68. The fourth-order valence-electron chi connectivity index (χ4n) is 0.903. The summed E-state index contributed by atoms with van der Waals surface area (Å²) in [4.78, 5) is 21.1. The summed E-state index contributed by atoms with van der Waals surface area (Å²) in [5.74, 6) is -2.71. The molecule has 5 heteroatoms. The average Bonchev–Trinajstić information content (AvgIpc) is 2.16. The van der Waals surface area contributed by atoms with E-state index in [1.165, 1.54) is 0 Å². The van der Waals surface area contributed by atoms with Crippen LogP contribution in [0.4, 0.5) is 8.78 Å². The molecule has 1 aromatic rings. The largest absolute Gasteiger partial charge is 0.475 e. The van der Waals surface area contributed by atoms with Gasteiger partial charge in [-0.1, -0.05) is 24.3 Å². The van der Waals surface area contributed by atoms with Crippen molar-refractivity contribution >= 4 is 11.8 Å². The van der Waals surface area contributed by atoms with Crippen molar-refractivity contribution < 1.29 is 23.5 Å². The number of hydrogen-bond donors (Lipinski definition) is 1. The Morgan fingerprint density at radius 3 is 2.00 bits per heavy atom. The van der Waals surface area contributed by atoms with Crippen molar-refractivity contribution in [2.24, 2.45) is 0 Å². The lowest BCUT2D eigenvalue weighted by molar-refractivity contribution is -0.131. The molecule has 0 bridgehead atoms. The summed E-state index contributed by atoms with van der Waals surface area (Å²) in [6.45, 7) is 0. The zero-order valence-corrected chi connectivity index (χ0v) is 6.91. The van der Waals surface area contributed by atoms with Crippen molar-refractivity contribution in [2.45, 2.75) is 6.43 Å². The molecule has 3 nitrogen and oxygen atoms in total. The lowest BCUT2D eigenvalue weighted by atomic mass is 10.1. The standard InChI is InChI=1S/C9H6F2O3/c10-8(11)6-3-1-5(2-4-6)7(12)9(13)14/h1-4,8H,(H,13,14). The van der Waals surface area contributed by atoms with Crippen molar-refractivity contribution in [3.8, 4) is 0 Å². The quantitative estimate of drug-likeness (QED) is 0.598. The van der Waals surface area contributed by atoms with Gasteiger partial charge in [0, 0.05) is 11.1 Å². The van der Waals surface area contributed by atoms with Crippen LogP contribution in [-0.4, -0.2) is 16.9 Å². The molecule has 14 heavy (non-hydrogen) atoms. The highest BCUT2D eigenvalue weighted by Gasteiger charge is 2.15. The van der Waals surface area contributed by atoms with Crippen molar-refractivity contribution in [3.63, 3.8) is 0 Å². The third kappa shape index (κ3) is 2.12. The molecule has 0 saturated carbocycles. The minimum Gasteiger partial charge on any atom is -0.475 e. The number of alkyl halides is 2. The van der Waals surface area contributed by atoms with Gasteiger partial charge in [0.1, 0.15) is 0 Å². The number of halogens is 2. The van der Waals surface area contributed by atoms with Crippen molar-refractivity contribution in [1.29, 1.82) is 0 Å². The summed E-state index contributed by atoms with van der Waals surface area (Å²) in [5.41, 5.74) is -0.353. The predicted octanol–water partition coefficient (Wildman–Crippen LogP) is 1.89. The number of carboxylic acids is 1. The van der Waals surface area contributed by atoms with Crippen molar-refractivity contribution in [2.75, 3.05) is 0 Å². The van der Waals surface area contributed by atoms with Gasteiger partial charge in [0.05, 0.1) is 0 Å². The maximum absolute atomic E-state index is 12.1. The van der Waals surface area contributed by atoms with E-state index in [1.54, 1.807) is 0 Å². The van der Waals surface area contributed by atoms with Crippen LogP contribution in [0, 0.1) is 0 Å². The Balaban J connectivity index is 2.94. The van der Waals surface area contributed by atoms with Crippen LogP contribution >= 0.6 is 0 Å². The highest BCUT2D eigenvalue weighted by atomic mass is 19.3. The lowest BCUT2D eigenvalue weighted by Crippen LogP contribution is -2.12. The van der Waals surface area contributed by atoms with E-state index in [2.05, 4.69) is 0 Å². The summed E-state index contributed by atoms with van der Waals surface area (Å²) < 4.78 is 24.1. The monoisotopic (exact) mass is 200 g/mol. The number of Topliss-reactive ketones (excluding diaryl/α,β-unsaturated/α-hetero) is 1. The minimum absolute atomic E-state index is 0.109. The van der Waals surface area contributed by atoms with Crippen molar-refractivity contribution in [1.82, 2.24) is 0 Å². The second-order valence-electron chi connectivity index (χ2n) is 2.56. The molecule has 1 rings (SSSR count). The van der Waals surface area contributed by atoms with Gasteiger partial charge in [-0.2, -0.15) is 0 Å². The number of aliphatic carboxylic acids is 1. The number of carbonyl (C=O) groups excluding carboxylic acids is 1. The van der Waals surface area contributed by atoms with E-state index in [-0.39, 0.29) is 11.1 Å². The van der Waals surface area contributed by atoms with Gasteiger partial charge in [-0.3, -0.25) is 4.79 Å². The summed E-state index contributed by atoms with van der Waals surface area (Å²) in [6, 6.07) is 4.19. The summed E-state index contributed by atoms with van der Waals surface area (Å²) >= 11 is 0. The van der Waals surface area contributed by atoms with E-state index in [1.807, 2.05) is 0 Å². The van der Waals surface area contributed by atoms with Gasteiger partial charge >= 0.3 is 5.97 Å². The summed E-state index contributed by atoms with van der Waals surface area (Å²) in [6.07, 6.45) is -2.62. The Hall–Kier alpha value is -1.78. The number of carboxylic acid groups (broad SMARTS) is 1. The molecule has 0 aliphatic carbocycles. The Kier molecular flexibility index (Phi) is 2.91. The van der Waals surface area contributed by atoms with Gasteiger partial charge in [-0.15, -0.1) is 0 Å². The van der Waals surface area contributed by atoms with Gasteiger partial charge in [0.15, 0.2) is 0 Å². The first-order valence-electron chi connectivity index (χ1n) is 3.68. The molecule has 74 valence electrons. The van der Waals surface area contributed by atoms with Gasteiger partial charge in [0.2, 0.25) is 0 Å². The molecule has 0 amide bonds. The summed E-state index contributed by atoms with van der Waals surface area (Å²) in [7, 11) is 0. The molecule has 1 N–H and O–H groups in total. The van der Waals surface area contributed by atoms with E-state index in [0.29, 0.717) is 0 Å². The van der Waals surface area contributed by atoms with Crippen molar-refractivity contribution in [3.05, 3.63) is 35.4 Å². The van der Waals surface area contributed by atoms with Crippen LogP contribution < -0.4 is 0 Å². The van der Waals surface area contributed by atoms with Crippen LogP contribution in [0.25, 0.3) is 0 Å². The molecular weight excluding hydrogens is 194 g/mol. The van der Waals surface area contributed by atoms with E-state index in [4.69, 9.17) is 5.11 Å². The van der Waals surface area contributed by atoms with Gasteiger partial charge in [-0.05, 0) is 0 Å². The Morgan fingerprint density at radius 2 is 1.64 bits per heavy atom. The molecule has 1 aromatic carbocycles. The Labute approximate surface area is 78.0 Å². The second kappa shape index (κ2) is 3.95. The SMILES string of the molecule is O=C(O)C(=O)c1ccc(C(F)F)cc1. The maximum atomic E-state index is 12.1. The molecule has 0 aliphatic rings. The first-order chi connectivity index (χ1) is 6.52. The highest BCUT2D eigenvalue weighted by Crippen LogP contribution is 2.18. The highest BCUT2D eigenvalue weighted by molar-refractivity contribution is 6.39. The number of ketones is 1. The van der Waals surface area contributed by atoms with Crippen LogP contribution in [0.3, 0.4) is 0 Å². The first kappa shape index (κ1) is 10.3. The van der Waals surface area contributed by atoms with E-state index < -0.39 is 18.2 Å². The molecule has 0 saturated heterocycles. The smallest absolute Gasteiger partial charge is 0.377 e. The van der Waals surface area contributed by atoms with Crippen LogP contribution in [0.15, 0.2) is 24.3 Å². The van der Waals surface area contributed by atoms with E-state index in [0.717, 1.165) is 24.3 Å². The normalized spacial score (nSPS) is 10.2. The molecule has 0 atom stereocenters. The lowest BCUT2D eigenvalue weighted by Gasteiger charge is -1.99. The molecule has 0 aliphatic heterocycles. The molecule has 0 fully saturated rings. The third-order valence-electron chi connectivity index (χ3n) is 1.62. The predicted molar refractivity (Wildman–Crippen MR) is 43.4 cm³/mol.